The average molecular weight is 314 g/mol. The van der Waals surface area contributed by atoms with Crippen LogP contribution in [-0.4, -0.2) is 23.9 Å². The van der Waals surface area contributed by atoms with E-state index in [0.29, 0.717) is 21.9 Å². The summed E-state index contributed by atoms with van der Waals surface area (Å²) in [5.41, 5.74) is 0.416. The fourth-order valence-corrected chi connectivity index (χ4v) is 2.76. The van der Waals surface area contributed by atoms with Crippen LogP contribution in [0.25, 0.3) is 0 Å². The van der Waals surface area contributed by atoms with Gasteiger partial charge in [0.2, 0.25) is 0 Å². The maximum absolute atomic E-state index is 13.2. The van der Waals surface area contributed by atoms with Gasteiger partial charge in [-0.2, -0.15) is 0 Å². The van der Waals surface area contributed by atoms with Gasteiger partial charge in [0.25, 0.3) is 5.91 Å². The number of rotatable bonds is 2. The van der Waals surface area contributed by atoms with Gasteiger partial charge in [-0.25, -0.2) is 4.39 Å². The third-order valence-corrected chi connectivity index (χ3v) is 4.31. The second-order valence-corrected chi connectivity index (χ2v) is 6.02. The minimum atomic E-state index is -0.374. The lowest BCUT2D eigenvalue weighted by molar-refractivity contribution is 0.0782. The number of carbonyl (C=O) groups excluding carboxylic acids is 1. The molecule has 0 aromatic heterocycles. The minimum Gasteiger partial charge on any atom is -0.338 e. The van der Waals surface area contributed by atoms with E-state index in [1.807, 2.05) is 4.90 Å². The van der Waals surface area contributed by atoms with E-state index in [1.165, 1.54) is 12.1 Å². The molecule has 0 radical (unpaired) electrons. The van der Waals surface area contributed by atoms with E-state index in [1.54, 1.807) is 6.07 Å². The molecule has 0 bridgehead atoms. The van der Waals surface area contributed by atoms with Crippen molar-refractivity contribution in [1.29, 1.82) is 0 Å². The summed E-state index contributed by atoms with van der Waals surface area (Å²) < 4.78 is 13.9. The Hall–Kier alpha value is -0.900. The molecule has 0 spiro atoms. The normalized spacial score (nSPS) is 19.6. The zero-order valence-electron chi connectivity index (χ0n) is 10.6. The summed E-state index contributed by atoms with van der Waals surface area (Å²) in [6.45, 7) is 5.90. The molecule has 0 saturated carbocycles. The van der Waals surface area contributed by atoms with Gasteiger partial charge in [-0.1, -0.05) is 13.8 Å². The first kappa shape index (κ1) is 13.5. The van der Waals surface area contributed by atoms with Gasteiger partial charge in [0.05, 0.1) is 5.56 Å². The van der Waals surface area contributed by atoms with E-state index in [9.17, 15) is 9.18 Å². The van der Waals surface area contributed by atoms with Crippen molar-refractivity contribution in [3.63, 3.8) is 0 Å². The van der Waals surface area contributed by atoms with Crippen LogP contribution in [0.1, 0.15) is 30.6 Å². The highest BCUT2D eigenvalue weighted by Crippen LogP contribution is 2.27. The first-order valence-corrected chi connectivity index (χ1v) is 7.02. The number of hydrogen-bond donors (Lipinski definition) is 0. The van der Waals surface area contributed by atoms with Gasteiger partial charge in [-0.15, -0.1) is 0 Å². The SMILES string of the molecule is CC(C)C1CCN(C(=O)c2cc(F)ccc2Br)C1. The standard InChI is InChI=1S/C14H17BrFNO/c1-9(2)10-5-6-17(8-10)14(18)12-7-11(16)3-4-13(12)15/h3-4,7,9-10H,5-6,8H2,1-2H3. The van der Waals surface area contributed by atoms with Crippen LogP contribution in [0.4, 0.5) is 4.39 Å². The Balaban J connectivity index is 2.15. The third kappa shape index (κ3) is 2.74. The first-order valence-electron chi connectivity index (χ1n) is 6.23. The molecule has 0 N–H and O–H groups in total. The van der Waals surface area contributed by atoms with Crippen molar-refractivity contribution in [2.75, 3.05) is 13.1 Å². The smallest absolute Gasteiger partial charge is 0.255 e. The van der Waals surface area contributed by atoms with Gasteiger partial charge < -0.3 is 4.90 Å². The zero-order valence-corrected chi connectivity index (χ0v) is 12.2. The van der Waals surface area contributed by atoms with Crippen molar-refractivity contribution in [2.45, 2.75) is 20.3 Å². The second kappa shape index (κ2) is 5.39. The van der Waals surface area contributed by atoms with Crippen molar-refractivity contribution in [3.8, 4) is 0 Å². The molecule has 0 aliphatic carbocycles. The molecule has 1 amide bonds. The summed E-state index contributed by atoms with van der Waals surface area (Å²) in [4.78, 5) is 14.1. The van der Waals surface area contributed by atoms with E-state index >= 15 is 0 Å². The highest BCUT2D eigenvalue weighted by atomic mass is 79.9. The highest BCUT2D eigenvalue weighted by molar-refractivity contribution is 9.10. The topological polar surface area (TPSA) is 20.3 Å². The number of carbonyl (C=O) groups is 1. The number of halogens is 2. The van der Waals surface area contributed by atoms with E-state index in [2.05, 4.69) is 29.8 Å². The van der Waals surface area contributed by atoms with E-state index < -0.39 is 0 Å². The fraction of sp³-hybridized carbons (Fsp3) is 0.500. The molecule has 1 unspecified atom stereocenters. The van der Waals surface area contributed by atoms with Crippen LogP contribution < -0.4 is 0 Å². The number of amides is 1. The summed E-state index contributed by atoms with van der Waals surface area (Å²) in [6, 6.07) is 4.23. The summed E-state index contributed by atoms with van der Waals surface area (Å²) in [7, 11) is 0. The Labute approximate surface area is 115 Å². The van der Waals surface area contributed by atoms with Crippen molar-refractivity contribution in [3.05, 3.63) is 34.1 Å². The Kier molecular flexibility index (Phi) is 4.05. The molecule has 1 aromatic rings. The third-order valence-electron chi connectivity index (χ3n) is 3.61. The molecular weight excluding hydrogens is 297 g/mol. The molecule has 2 nitrogen and oxygen atoms in total. The van der Waals surface area contributed by atoms with Gasteiger partial charge in [0.1, 0.15) is 5.82 Å². The van der Waals surface area contributed by atoms with Crippen molar-refractivity contribution in [2.24, 2.45) is 11.8 Å². The van der Waals surface area contributed by atoms with Crippen LogP contribution in [0.5, 0.6) is 0 Å². The maximum Gasteiger partial charge on any atom is 0.255 e. The Morgan fingerprint density at radius 3 is 2.83 bits per heavy atom. The molecule has 4 heteroatoms. The van der Waals surface area contributed by atoms with Crippen LogP contribution in [-0.2, 0) is 0 Å². The van der Waals surface area contributed by atoms with Crippen LogP contribution in [0.15, 0.2) is 22.7 Å². The number of hydrogen-bond acceptors (Lipinski definition) is 1. The van der Waals surface area contributed by atoms with Crippen molar-refractivity contribution < 1.29 is 9.18 Å². The Bertz CT molecular complexity index is 461. The molecule has 98 valence electrons. The van der Waals surface area contributed by atoms with Gasteiger partial charge >= 0.3 is 0 Å². The lowest BCUT2D eigenvalue weighted by Crippen LogP contribution is -2.29. The summed E-state index contributed by atoms with van der Waals surface area (Å²) >= 11 is 3.31. The van der Waals surface area contributed by atoms with Crippen LogP contribution in [0, 0.1) is 17.7 Å². The molecule has 2 rings (SSSR count). The van der Waals surface area contributed by atoms with Crippen LogP contribution >= 0.6 is 15.9 Å². The lowest BCUT2D eigenvalue weighted by Gasteiger charge is -2.18. The molecule has 1 atom stereocenters. The summed E-state index contributed by atoms with van der Waals surface area (Å²) in [5, 5.41) is 0. The fourth-order valence-electron chi connectivity index (χ4n) is 2.35. The molecule has 18 heavy (non-hydrogen) atoms. The van der Waals surface area contributed by atoms with Crippen LogP contribution in [0.2, 0.25) is 0 Å². The quantitative estimate of drug-likeness (QED) is 0.815. The Morgan fingerprint density at radius 2 is 2.22 bits per heavy atom. The molecule has 1 aliphatic heterocycles. The highest BCUT2D eigenvalue weighted by Gasteiger charge is 2.29. The first-order chi connectivity index (χ1) is 8.49. The van der Waals surface area contributed by atoms with Gasteiger partial charge in [-0.05, 0) is 52.4 Å². The molecule has 1 fully saturated rings. The van der Waals surface area contributed by atoms with Crippen molar-refractivity contribution in [1.82, 2.24) is 4.90 Å². The summed E-state index contributed by atoms with van der Waals surface area (Å²) in [5.74, 6) is 0.686. The van der Waals surface area contributed by atoms with Crippen LogP contribution in [0.3, 0.4) is 0 Å². The lowest BCUT2D eigenvalue weighted by atomic mass is 9.95. The average Bonchev–Trinajstić information content (AvgIpc) is 2.81. The Morgan fingerprint density at radius 1 is 1.50 bits per heavy atom. The summed E-state index contributed by atoms with van der Waals surface area (Å²) in [6.07, 6.45) is 1.04. The molecule has 1 aliphatic rings. The van der Waals surface area contributed by atoms with Gasteiger partial charge in [0.15, 0.2) is 0 Å². The molecule has 1 aromatic carbocycles. The van der Waals surface area contributed by atoms with Gasteiger partial charge in [-0.3, -0.25) is 4.79 Å². The number of nitrogens with zero attached hydrogens (tertiary/aromatic N) is 1. The molecule has 1 heterocycles. The van der Waals surface area contributed by atoms with E-state index in [-0.39, 0.29) is 11.7 Å². The van der Waals surface area contributed by atoms with E-state index in [0.717, 1.165) is 19.5 Å². The maximum atomic E-state index is 13.2. The monoisotopic (exact) mass is 313 g/mol. The molecule has 1 saturated heterocycles. The molecular formula is C14H17BrFNO. The zero-order chi connectivity index (χ0) is 13.3. The second-order valence-electron chi connectivity index (χ2n) is 5.17. The predicted octanol–water partition coefficient (Wildman–Crippen LogP) is 3.71. The van der Waals surface area contributed by atoms with Crippen molar-refractivity contribution >= 4 is 21.8 Å². The minimum absolute atomic E-state index is 0.0791. The van der Waals surface area contributed by atoms with Gasteiger partial charge in [0, 0.05) is 17.6 Å². The number of benzene rings is 1. The number of likely N-dealkylation sites (tertiary alicyclic amines) is 1. The predicted molar refractivity (Wildman–Crippen MR) is 72.9 cm³/mol. The largest absolute Gasteiger partial charge is 0.338 e. The van der Waals surface area contributed by atoms with E-state index in [4.69, 9.17) is 0 Å².